The molecule has 0 atom stereocenters. The zero-order valence-electron chi connectivity index (χ0n) is 10.4. The summed E-state index contributed by atoms with van der Waals surface area (Å²) < 4.78 is 0. The number of H-pyrrole nitrogens is 1. The predicted molar refractivity (Wildman–Crippen MR) is 83.5 cm³/mol. The summed E-state index contributed by atoms with van der Waals surface area (Å²) in [6.07, 6.45) is 2.07. The number of nitrogens with two attached hydrogens (primary N) is 1. The van der Waals surface area contributed by atoms with Gasteiger partial charge in [0.05, 0.1) is 11.3 Å². The molecule has 19 heavy (non-hydrogen) atoms. The number of thioether (sulfide) groups is 1. The van der Waals surface area contributed by atoms with Gasteiger partial charge in [0.25, 0.3) is 0 Å². The molecular weight excluding hydrogens is 274 g/mol. The number of benzene rings is 1. The van der Waals surface area contributed by atoms with E-state index >= 15 is 0 Å². The Morgan fingerprint density at radius 2 is 2.05 bits per heavy atom. The zero-order chi connectivity index (χ0) is 13.2. The van der Waals surface area contributed by atoms with Crippen molar-refractivity contribution in [3.05, 3.63) is 41.8 Å². The monoisotopic (exact) mass is 287 g/mol. The van der Waals surface area contributed by atoms with Crippen molar-refractivity contribution in [3.63, 3.8) is 0 Å². The van der Waals surface area contributed by atoms with Crippen LogP contribution in [0.1, 0.15) is 0 Å². The zero-order valence-corrected chi connectivity index (χ0v) is 12.0. The van der Waals surface area contributed by atoms with Crippen LogP contribution in [0, 0.1) is 0 Å². The van der Waals surface area contributed by atoms with Crippen LogP contribution in [0.4, 0.5) is 5.82 Å². The van der Waals surface area contributed by atoms with Gasteiger partial charge in [0.15, 0.2) is 5.82 Å². The Hall–Kier alpha value is -1.72. The van der Waals surface area contributed by atoms with Crippen LogP contribution in [0.3, 0.4) is 0 Å². The Morgan fingerprint density at radius 1 is 1.21 bits per heavy atom. The highest BCUT2D eigenvalue weighted by Crippen LogP contribution is 2.39. The third-order valence-electron chi connectivity index (χ3n) is 2.94. The summed E-state index contributed by atoms with van der Waals surface area (Å²) in [5.74, 6) is 0.549. The Morgan fingerprint density at radius 3 is 2.79 bits per heavy atom. The number of aromatic nitrogens is 2. The molecule has 5 heteroatoms. The minimum atomic E-state index is 0.549. The molecule has 3 nitrogen and oxygen atoms in total. The molecule has 3 N–H and O–H groups in total. The lowest BCUT2D eigenvalue weighted by molar-refractivity contribution is 1.10. The van der Waals surface area contributed by atoms with E-state index in [1.165, 1.54) is 4.90 Å². The fourth-order valence-corrected chi connectivity index (χ4v) is 3.46. The lowest BCUT2D eigenvalue weighted by atomic mass is 10.1. The standard InChI is InChI=1S/C14H13N3S2/c1-18-10-6-3-2-5-9(10)13-12(14(15)17-16-13)11-7-4-8-19-11/h2-8H,1H3,(H3,15,16,17). The summed E-state index contributed by atoms with van der Waals surface area (Å²) in [6, 6.07) is 12.4. The van der Waals surface area contributed by atoms with Gasteiger partial charge in [0.1, 0.15) is 0 Å². The third-order valence-corrected chi connectivity index (χ3v) is 4.62. The summed E-state index contributed by atoms with van der Waals surface area (Å²) in [6.45, 7) is 0. The van der Waals surface area contributed by atoms with Gasteiger partial charge in [-0.1, -0.05) is 24.3 Å². The molecule has 2 aromatic heterocycles. The molecule has 1 aromatic carbocycles. The van der Waals surface area contributed by atoms with Gasteiger partial charge in [-0.3, -0.25) is 5.10 Å². The number of nitrogen functional groups attached to an aromatic ring is 1. The maximum atomic E-state index is 6.02. The van der Waals surface area contributed by atoms with Gasteiger partial charge in [0.2, 0.25) is 0 Å². The third kappa shape index (κ3) is 2.15. The van der Waals surface area contributed by atoms with Crippen molar-refractivity contribution in [2.45, 2.75) is 4.90 Å². The molecule has 0 saturated heterocycles. The number of thiophene rings is 1. The van der Waals surface area contributed by atoms with E-state index in [0.717, 1.165) is 21.7 Å². The second-order valence-electron chi connectivity index (χ2n) is 4.04. The quantitative estimate of drug-likeness (QED) is 0.713. The SMILES string of the molecule is CSc1ccccc1-c1[nH]nc(N)c1-c1cccs1. The second kappa shape index (κ2) is 5.11. The maximum absolute atomic E-state index is 6.02. The minimum Gasteiger partial charge on any atom is -0.382 e. The average molecular weight is 287 g/mol. The number of nitrogens with zero attached hydrogens (tertiary/aromatic N) is 1. The van der Waals surface area contributed by atoms with Crippen LogP contribution in [0.5, 0.6) is 0 Å². The number of hydrogen-bond donors (Lipinski definition) is 2. The van der Waals surface area contributed by atoms with Gasteiger partial charge in [-0.2, -0.15) is 5.10 Å². The molecule has 0 amide bonds. The molecule has 0 fully saturated rings. The molecule has 0 saturated carbocycles. The van der Waals surface area contributed by atoms with Crippen molar-refractivity contribution in [1.29, 1.82) is 0 Å². The van der Waals surface area contributed by atoms with Crippen molar-refractivity contribution in [2.75, 3.05) is 12.0 Å². The first-order valence-corrected chi connectivity index (χ1v) is 7.93. The van der Waals surface area contributed by atoms with Crippen LogP contribution in [-0.4, -0.2) is 16.5 Å². The molecule has 0 spiro atoms. The van der Waals surface area contributed by atoms with E-state index in [-0.39, 0.29) is 0 Å². The van der Waals surface area contributed by atoms with Crippen LogP contribution >= 0.6 is 23.1 Å². The van der Waals surface area contributed by atoms with Crippen molar-refractivity contribution in [3.8, 4) is 21.7 Å². The largest absolute Gasteiger partial charge is 0.382 e. The number of anilines is 1. The Balaban J connectivity index is 2.22. The smallest absolute Gasteiger partial charge is 0.154 e. The van der Waals surface area contributed by atoms with Gasteiger partial charge in [-0.05, 0) is 23.8 Å². The molecule has 3 aromatic rings. The molecule has 0 bridgehead atoms. The van der Waals surface area contributed by atoms with E-state index in [1.807, 2.05) is 23.6 Å². The summed E-state index contributed by atoms with van der Waals surface area (Å²) in [4.78, 5) is 2.35. The van der Waals surface area contributed by atoms with E-state index in [9.17, 15) is 0 Å². The number of aromatic amines is 1. The van der Waals surface area contributed by atoms with Gasteiger partial charge >= 0.3 is 0 Å². The maximum Gasteiger partial charge on any atom is 0.154 e. The van der Waals surface area contributed by atoms with E-state index in [0.29, 0.717) is 5.82 Å². The van der Waals surface area contributed by atoms with E-state index in [1.54, 1.807) is 23.1 Å². The van der Waals surface area contributed by atoms with Crippen LogP contribution in [0.2, 0.25) is 0 Å². The molecule has 0 aliphatic carbocycles. The minimum absolute atomic E-state index is 0.549. The lowest BCUT2D eigenvalue weighted by Crippen LogP contribution is -1.87. The molecule has 2 heterocycles. The van der Waals surface area contributed by atoms with E-state index in [4.69, 9.17) is 5.73 Å². The highest BCUT2D eigenvalue weighted by atomic mass is 32.2. The van der Waals surface area contributed by atoms with Crippen LogP contribution < -0.4 is 5.73 Å². The van der Waals surface area contributed by atoms with Crippen molar-refractivity contribution in [2.24, 2.45) is 0 Å². The average Bonchev–Trinajstić information content (AvgIpc) is 3.07. The van der Waals surface area contributed by atoms with Crippen LogP contribution in [0.15, 0.2) is 46.7 Å². The number of nitrogens with one attached hydrogen (secondary N) is 1. The van der Waals surface area contributed by atoms with Crippen molar-refractivity contribution < 1.29 is 0 Å². The fraction of sp³-hybridized carbons (Fsp3) is 0.0714. The fourth-order valence-electron chi connectivity index (χ4n) is 2.07. The summed E-state index contributed by atoms with van der Waals surface area (Å²) in [5, 5.41) is 9.29. The lowest BCUT2D eigenvalue weighted by Gasteiger charge is -2.07. The Kier molecular flexibility index (Phi) is 3.31. The molecular formula is C14H13N3S2. The molecule has 96 valence electrons. The van der Waals surface area contributed by atoms with E-state index in [2.05, 4.69) is 34.7 Å². The normalized spacial score (nSPS) is 10.8. The molecule has 0 radical (unpaired) electrons. The molecule has 0 aliphatic rings. The summed E-state index contributed by atoms with van der Waals surface area (Å²) >= 11 is 3.39. The Bertz CT molecular complexity index is 687. The van der Waals surface area contributed by atoms with Crippen molar-refractivity contribution in [1.82, 2.24) is 10.2 Å². The van der Waals surface area contributed by atoms with Crippen molar-refractivity contribution >= 4 is 28.9 Å². The topological polar surface area (TPSA) is 54.7 Å². The first-order chi connectivity index (χ1) is 9.31. The highest BCUT2D eigenvalue weighted by molar-refractivity contribution is 7.98. The molecule has 0 unspecified atom stereocenters. The first-order valence-electron chi connectivity index (χ1n) is 5.82. The molecule has 0 aliphatic heterocycles. The predicted octanol–water partition coefficient (Wildman–Crippen LogP) is 4.11. The van der Waals surface area contributed by atoms with Gasteiger partial charge < -0.3 is 5.73 Å². The highest BCUT2D eigenvalue weighted by Gasteiger charge is 2.17. The Labute approximate surface area is 119 Å². The second-order valence-corrected chi connectivity index (χ2v) is 5.83. The molecule has 3 rings (SSSR count). The van der Waals surface area contributed by atoms with Gasteiger partial charge in [-0.15, -0.1) is 23.1 Å². The first kappa shape index (κ1) is 12.3. The summed E-state index contributed by atoms with van der Waals surface area (Å²) in [5.41, 5.74) is 9.15. The van der Waals surface area contributed by atoms with Crippen LogP contribution in [-0.2, 0) is 0 Å². The van der Waals surface area contributed by atoms with Crippen LogP contribution in [0.25, 0.3) is 21.7 Å². The van der Waals surface area contributed by atoms with Gasteiger partial charge in [-0.25, -0.2) is 0 Å². The van der Waals surface area contributed by atoms with Gasteiger partial charge in [0, 0.05) is 15.3 Å². The number of hydrogen-bond acceptors (Lipinski definition) is 4. The van der Waals surface area contributed by atoms with E-state index < -0.39 is 0 Å². The number of rotatable bonds is 3. The summed E-state index contributed by atoms with van der Waals surface area (Å²) in [7, 11) is 0.